The molecule has 4 rings (SSSR count). The average molecular weight is 475 g/mol. The molecule has 2 aromatic carbocycles. The maximum Gasteiger partial charge on any atom is -1.00 e. The van der Waals surface area contributed by atoms with Crippen LogP contribution >= 0.6 is 0 Å². The fraction of sp³-hybridized carbons (Fsp3) is 0.370. The van der Waals surface area contributed by atoms with Crippen LogP contribution < -0.4 is 24.8 Å². The summed E-state index contributed by atoms with van der Waals surface area (Å²) in [7, 11) is 0. The van der Waals surface area contributed by atoms with E-state index in [2.05, 4.69) is 91.8 Å². The van der Waals surface area contributed by atoms with Gasteiger partial charge in [0.2, 0.25) is 0 Å². The van der Waals surface area contributed by atoms with Crippen molar-refractivity contribution >= 4 is 15.0 Å². The van der Waals surface area contributed by atoms with Crippen LogP contribution in [0.1, 0.15) is 83.4 Å². The number of benzene rings is 2. The molecule has 0 N–H and O–H groups in total. The first kappa shape index (κ1) is 25.3. The van der Waals surface area contributed by atoms with Crippen molar-refractivity contribution in [3.8, 4) is 0 Å². The Balaban J connectivity index is 0.00000160. The third-order valence-corrected chi connectivity index (χ3v) is 13.3. The molecule has 2 aliphatic carbocycles. The maximum atomic E-state index is 2.42. The molecular formula is C27H32Cl2Ti. The SMILES string of the molecule is CC1=C(C)[CH]([Ti+2](=[C](C)C)[CH]2C(C)=C(C)c3c(C)cccc32)c2cccc(C)c21.[Cl-].[Cl-]. The first-order valence-electron chi connectivity index (χ1n) is 10.5. The van der Waals surface area contributed by atoms with Crippen LogP contribution in [0.15, 0.2) is 47.5 Å². The van der Waals surface area contributed by atoms with E-state index < -0.39 is 17.4 Å². The molecule has 0 saturated carbocycles. The van der Waals surface area contributed by atoms with Gasteiger partial charge in [-0.2, -0.15) is 0 Å². The average Bonchev–Trinajstić information content (AvgIpc) is 3.04. The van der Waals surface area contributed by atoms with Crippen LogP contribution in [0.5, 0.6) is 0 Å². The molecule has 0 aromatic heterocycles. The summed E-state index contributed by atoms with van der Waals surface area (Å²) in [5.74, 6) is 0. The number of hydrogen-bond donors (Lipinski definition) is 0. The summed E-state index contributed by atoms with van der Waals surface area (Å²) < 4.78 is 2.98. The van der Waals surface area contributed by atoms with Crippen LogP contribution in [0.2, 0.25) is 0 Å². The molecule has 158 valence electrons. The number of fused-ring (bicyclic) bond motifs is 2. The Morgan fingerprint density at radius 3 is 1.33 bits per heavy atom. The normalized spacial score (nSPS) is 18.9. The van der Waals surface area contributed by atoms with Crippen molar-refractivity contribution in [2.45, 2.75) is 63.8 Å². The first-order chi connectivity index (χ1) is 13.3. The van der Waals surface area contributed by atoms with E-state index in [0.717, 1.165) is 0 Å². The molecule has 2 aromatic rings. The van der Waals surface area contributed by atoms with Crippen LogP contribution in [0.25, 0.3) is 11.1 Å². The fourth-order valence-electron chi connectivity index (χ4n) is 5.73. The number of halogens is 2. The Morgan fingerprint density at radius 2 is 1.00 bits per heavy atom. The van der Waals surface area contributed by atoms with Gasteiger partial charge in [0.15, 0.2) is 0 Å². The van der Waals surface area contributed by atoms with Crippen LogP contribution in [0, 0.1) is 13.8 Å². The molecular weight excluding hydrogens is 443 g/mol. The van der Waals surface area contributed by atoms with E-state index in [1.807, 2.05) is 0 Å². The van der Waals surface area contributed by atoms with Gasteiger partial charge in [-0.15, -0.1) is 0 Å². The predicted octanol–water partition coefficient (Wildman–Crippen LogP) is 1.54. The zero-order valence-corrected chi connectivity index (χ0v) is 22.4. The van der Waals surface area contributed by atoms with Gasteiger partial charge in [0, 0.05) is 0 Å². The van der Waals surface area contributed by atoms with Gasteiger partial charge in [-0.25, -0.2) is 0 Å². The van der Waals surface area contributed by atoms with Crippen LogP contribution in [0.4, 0.5) is 0 Å². The van der Waals surface area contributed by atoms with Gasteiger partial charge in [-0.3, -0.25) is 0 Å². The summed E-state index contributed by atoms with van der Waals surface area (Å²) >= 11 is -1.68. The Kier molecular flexibility index (Phi) is 7.85. The number of hydrogen-bond acceptors (Lipinski definition) is 0. The van der Waals surface area contributed by atoms with Crippen molar-refractivity contribution < 1.29 is 42.2 Å². The van der Waals surface area contributed by atoms with Crippen LogP contribution in [-0.2, 0) is 17.4 Å². The monoisotopic (exact) mass is 474 g/mol. The molecule has 2 aliphatic rings. The molecule has 3 heteroatoms. The van der Waals surface area contributed by atoms with Crippen molar-refractivity contribution in [1.82, 2.24) is 0 Å². The van der Waals surface area contributed by atoms with E-state index in [9.17, 15) is 0 Å². The molecule has 0 amide bonds. The van der Waals surface area contributed by atoms with E-state index in [0.29, 0.717) is 8.45 Å². The minimum Gasteiger partial charge on any atom is -1.00 e. The van der Waals surface area contributed by atoms with Gasteiger partial charge >= 0.3 is 177 Å². The second-order valence-electron chi connectivity index (χ2n) is 9.02. The Bertz CT molecular complexity index is 1020. The Labute approximate surface area is 201 Å². The molecule has 0 heterocycles. The topological polar surface area (TPSA) is 0 Å². The predicted molar refractivity (Wildman–Crippen MR) is 121 cm³/mol. The molecule has 30 heavy (non-hydrogen) atoms. The Morgan fingerprint density at radius 1 is 0.633 bits per heavy atom. The summed E-state index contributed by atoms with van der Waals surface area (Å²) in [5, 5.41) is 0. The summed E-state index contributed by atoms with van der Waals surface area (Å²) in [6.45, 7) is 18.9. The molecule has 2 atom stereocenters. The molecule has 0 saturated heterocycles. The summed E-state index contributed by atoms with van der Waals surface area (Å²) in [6, 6.07) is 13.9. The van der Waals surface area contributed by atoms with Gasteiger partial charge < -0.3 is 24.8 Å². The second-order valence-corrected chi connectivity index (χ2v) is 13.8. The molecule has 0 radical (unpaired) electrons. The third-order valence-electron chi connectivity index (χ3n) is 7.23. The van der Waals surface area contributed by atoms with E-state index in [1.165, 1.54) is 33.4 Å². The molecule has 0 bridgehead atoms. The van der Waals surface area contributed by atoms with E-state index >= 15 is 0 Å². The van der Waals surface area contributed by atoms with Gasteiger partial charge in [0.1, 0.15) is 0 Å². The largest absolute Gasteiger partial charge is 1.00 e. The van der Waals surface area contributed by atoms with Gasteiger partial charge in [-0.1, -0.05) is 0 Å². The molecule has 0 aliphatic heterocycles. The van der Waals surface area contributed by atoms with Crippen molar-refractivity contribution in [3.63, 3.8) is 0 Å². The first-order valence-corrected chi connectivity index (χ1v) is 13.1. The fourth-order valence-corrected chi connectivity index (χ4v) is 12.0. The molecule has 0 fully saturated rings. The quantitative estimate of drug-likeness (QED) is 0.579. The number of aryl methyl sites for hydroxylation is 2. The maximum absolute atomic E-state index is 2.42. The van der Waals surface area contributed by atoms with Crippen molar-refractivity contribution in [1.29, 1.82) is 0 Å². The smallest absolute Gasteiger partial charge is 1.00 e. The minimum atomic E-state index is -1.68. The molecule has 0 nitrogen and oxygen atoms in total. The van der Waals surface area contributed by atoms with Gasteiger partial charge in [-0.05, 0) is 0 Å². The van der Waals surface area contributed by atoms with Crippen LogP contribution in [0.3, 0.4) is 0 Å². The van der Waals surface area contributed by atoms with E-state index in [1.54, 1.807) is 26.1 Å². The van der Waals surface area contributed by atoms with E-state index in [4.69, 9.17) is 0 Å². The van der Waals surface area contributed by atoms with Gasteiger partial charge in [0.25, 0.3) is 0 Å². The van der Waals surface area contributed by atoms with E-state index in [-0.39, 0.29) is 24.8 Å². The number of rotatable bonds is 2. The standard InChI is InChI=1S/2C12H13.C3H6.2ClH.Ti/c2*1-8-5-4-6-11-7-9(2)10(3)12(8)11;1-3-2;;;/h2*4-7H,1-3H3;1-2H3;2*1H;/q;;;;;+2/p-2. The summed E-state index contributed by atoms with van der Waals surface area (Å²) in [4.78, 5) is 0. The summed E-state index contributed by atoms with van der Waals surface area (Å²) in [5.41, 5.74) is 15.5. The van der Waals surface area contributed by atoms with Crippen molar-refractivity contribution in [3.05, 3.63) is 80.9 Å². The second kappa shape index (κ2) is 9.29. The molecule has 0 spiro atoms. The number of allylic oxidation sites excluding steroid dienone is 4. The Hall–Kier alpha value is -0.916. The minimum absolute atomic E-state index is 0. The molecule has 2 unspecified atom stereocenters. The van der Waals surface area contributed by atoms with Gasteiger partial charge in [0.05, 0.1) is 0 Å². The zero-order valence-electron chi connectivity index (χ0n) is 19.4. The van der Waals surface area contributed by atoms with Crippen LogP contribution in [-0.4, -0.2) is 3.81 Å². The zero-order chi connectivity index (χ0) is 20.3. The third kappa shape index (κ3) is 3.65. The van der Waals surface area contributed by atoms with Crippen molar-refractivity contribution in [2.24, 2.45) is 0 Å². The van der Waals surface area contributed by atoms with Crippen molar-refractivity contribution in [2.75, 3.05) is 0 Å². The summed E-state index contributed by atoms with van der Waals surface area (Å²) in [6.07, 6.45) is 0.